The van der Waals surface area contributed by atoms with Gasteiger partial charge < -0.3 is 0 Å². The zero-order valence-corrected chi connectivity index (χ0v) is 15.1. The molecule has 110 valence electrons. The van der Waals surface area contributed by atoms with E-state index in [1.807, 2.05) is 0 Å². The molecule has 0 heterocycles. The third-order valence-corrected chi connectivity index (χ3v) is 5.62. The van der Waals surface area contributed by atoms with Crippen LogP contribution in [0.15, 0.2) is 68.4 Å². The van der Waals surface area contributed by atoms with Gasteiger partial charge in [0.05, 0.1) is 0 Å². The zero-order chi connectivity index (χ0) is 14.8. The van der Waals surface area contributed by atoms with Crippen molar-refractivity contribution in [3.63, 3.8) is 0 Å². The molecule has 0 radical (unpaired) electrons. The molecule has 0 aromatic heterocycles. The average molecular weight is 390 g/mol. The molecule has 0 amide bonds. The zero-order valence-electron chi connectivity index (χ0n) is 12.9. The van der Waals surface area contributed by atoms with Crippen molar-refractivity contribution in [2.24, 2.45) is 11.8 Å². The van der Waals surface area contributed by atoms with Crippen LogP contribution in [0.25, 0.3) is 0 Å². The molecule has 0 N–H and O–H groups in total. The van der Waals surface area contributed by atoms with E-state index in [0.717, 1.165) is 0 Å². The SMILES string of the molecule is CC1=CCC(C2CC(I)=CC=C2C2=CC=C(C)CC2)C=C1. The van der Waals surface area contributed by atoms with Gasteiger partial charge in [0.25, 0.3) is 0 Å². The van der Waals surface area contributed by atoms with Gasteiger partial charge in [0.1, 0.15) is 0 Å². The fraction of sp³-hybridized carbons (Fsp3) is 0.400. The first-order chi connectivity index (χ1) is 10.1. The molecule has 0 nitrogen and oxygen atoms in total. The molecule has 0 aromatic rings. The minimum atomic E-state index is 0.653. The van der Waals surface area contributed by atoms with Crippen LogP contribution >= 0.6 is 22.6 Å². The molecule has 0 saturated carbocycles. The second-order valence-electron chi connectivity index (χ2n) is 6.46. The Balaban J connectivity index is 1.87. The van der Waals surface area contributed by atoms with Crippen LogP contribution in [0.3, 0.4) is 0 Å². The molecule has 1 heteroatoms. The Kier molecular flexibility index (Phi) is 4.68. The molecule has 2 atom stereocenters. The topological polar surface area (TPSA) is 0 Å². The maximum atomic E-state index is 2.50. The Labute approximate surface area is 142 Å². The van der Waals surface area contributed by atoms with Crippen LogP contribution < -0.4 is 0 Å². The maximum absolute atomic E-state index is 2.50. The predicted molar refractivity (Wildman–Crippen MR) is 100 cm³/mol. The Morgan fingerprint density at radius 1 is 1.05 bits per heavy atom. The molecule has 0 bridgehead atoms. The highest BCUT2D eigenvalue weighted by Gasteiger charge is 2.28. The van der Waals surface area contributed by atoms with Gasteiger partial charge in [-0.05, 0) is 88.7 Å². The van der Waals surface area contributed by atoms with E-state index in [1.54, 1.807) is 11.1 Å². The van der Waals surface area contributed by atoms with Crippen molar-refractivity contribution in [2.45, 2.75) is 39.5 Å². The summed E-state index contributed by atoms with van der Waals surface area (Å²) < 4.78 is 1.49. The lowest BCUT2D eigenvalue weighted by Gasteiger charge is -2.32. The van der Waals surface area contributed by atoms with Crippen LogP contribution in [0.2, 0.25) is 0 Å². The van der Waals surface area contributed by atoms with Crippen LogP contribution in [0.4, 0.5) is 0 Å². The van der Waals surface area contributed by atoms with Crippen molar-refractivity contribution >= 4 is 22.6 Å². The monoisotopic (exact) mass is 390 g/mol. The number of halogens is 1. The summed E-state index contributed by atoms with van der Waals surface area (Å²) in [5.41, 5.74) is 6.06. The normalized spacial score (nSPS) is 29.2. The maximum Gasteiger partial charge on any atom is -0.00483 e. The number of hydrogen-bond donors (Lipinski definition) is 0. The highest BCUT2D eigenvalue weighted by Crippen LogP contribution is 2.42. The summed E-state index contributed by atoms with van der Waals surface area (Å²) in [4.78, 5) is 0. The first-order valence-electron chi connectivity index (χ1n) is 7.91. The van der Waals surface area contributed by atoms with Crippen molar-refractivity contribution in [2.75, 3.05) is 0 Å². The first-order valence-corrected chi connectivity index (χ1v) is 8.99. The van der Waals surface area contributed by atoms with Gasteiger partial charge in [0, 0.05) is 0 Å². The van der Waals surface area contributed by atoms with E-state index in [9.17, 15) is 0 Å². The minimum Gasteiger partial charge on any atom is -0.0810 e. The Morgan fingerprint density at radius 2 is 1.90 bits per heavy atom. The van der Waals surface area contributed by atoms with Crippen LogP contribution in [-0.2, 0) is 0 Å². The van der Waals surface area contributed by atoms with Crippen LogP contribution in [0, 0.1) is 11.8 Å². The quantitative estimate of drug-likeness (QED) is 0.476. The molecule has 3 aliphatic carbocycles. The Hall–Kier alpha value is -0.830. The van der Waals surface area contributed by atoms with Gasteiger partial charge in [-0.15, -0.1) is 0 Å². The van der Waals surface area contributed by atoms with Gasteiger partial charge >= 0.3 is 0 Å². The van der Waals surface area contributed by atoms with Crippen molar-refractivity contribution in [1.29, 1.82) is 0 Å². The molecule has 0 spiro atoms. The highest BCUT2D eigenvalue weighted by molar-refractivity contribution is 14.1. The summed E-state index contributed by atoms with van der Waals surface area (Å²) in [6, 6.07) is 0. The van der Waals surface area contributed by atoms with Crippen molar-refractivity contribution < 1.29 is 0 Å². The van der Waals surface area contributed by atoms with Crippen LogP contribution in [0.1, 0.15) is 39.5 Å². The molecule has 0 saturated heterocycles. The van der Waals surface area contributed by atoms with E-state index in [1.165, 1.54) is 40.4 Å². The van der Waals surface area contributed by atoms with E-state index < -0.39 is 0 Å². The summed E-state index contributed by atoms with van der Waals surface area (Å²) in [7, 11) is 0. The Morgan fingerprint density at radius 3 is 2.57 bits per heavy atom. The van der Waals surface area contributed by atoms with E-state index >= 15 is 0 Å². The summed E-state index contributed by atoms with van der Waals surface area (Å²) in [6.07, 6.45) is 21.3. The number of rotatable bonds is 2. The summed E-state index contributed by atoms with van der Waals surface area (Å²) in [6.45, 7) is 4.44. The van der Waals surface area contributed by atoms with Gasteiger partial charge in [-0.1, -0.05) is 53.7 Å². The minimum absolute atomic E-state index is 0.653. The lowest BCUT2D eigenvalue weighted by atomic mass is 9.73. The number of allylic oxidation sites excluding steroid dienone is 12. The summed E-state index contributed by atoms with van der Waals surface area (Å²) >= 11 is 2.50. The first kappa shape index (κ1) is 15.1. The van der Waals surface area contributed by atoms with Gasteiger partial charge in [0.15, 0.2) is 0 Å². The highest BCUT2D eigenvalue weighted by atomic mass is 127. The molecular formula is C20H23I. The molecule has 3 aliphatic rings. The molecule has 21 heavy (non-hydrogen) atoms. The molecule has 0 aromatic carbocycles. The van der Waals surface area contributed by atoms with E-state index in [4.69, 9.17) is 0 Å². The van der Waals surface area contributed by atoms with Crippen molar-refractivity contribution in [1.82, 2.24) is 0 Å². The van der Waals surface area contributed by atoms with Crippen LogP contribution in [0.5, 0.6) is 0 Å². The molecular weight excluding hydrogens is 367 g/mol. The fourth-order valence-corrected chi connectivity index (χ4v) is 4.10. The third kappa shape index (κ3) is 3.50. The van der Waals surface area contributed by atoms with Gasteiger partial charge in [0.2, 0.25) is 0 Å². The van der Waals surface area contributed by atoms with Gasteiger partial charge in [-0.3, -0.25) is 0 Å². The summed E-state index contributed by atoms with van der Waals surface area (Å²) in [5, 5.41) is 0. The van der Waals surface area contributed by atoms with E-state index in [-0.39, 0.29) is 0 Å². The van der Waals surface area contributed by atoms with E-state index in [2.05, 4.69) is 79.0 Å². The predicted octanol–water partition coefficient (Wildman–Crippen LogP) is 6.44. The average Bonchev–Trinajstić information content (AvgIpc) is 2.49. The van der Waals surface area contributed by atoms with Crippen LogP contribution in [-0.4, -0.2) is 0 Å². The van der Waals surface area contributed by atoms with Gasteiger partial charge in [-0.25, -0.2) is 0 Å². The van der Waals surface area contributed by atoms with Crippen molar-refractivity contribution in [3.05, 3.63) is 68.4 Å². The molecule has 2 unspecified atom stereocenters. The lowest BCUT2D eigenvalue weighted by molar-refractivity contribution is 0.453. The fourth-order valence-electron chi connectivity index (χ4n) is 3.44. The summed E-state index contributed by atoms with van der Waals surface area (Å²) in [5.74, 6) is 1.31. The Bertz CT molecular complexity index is 608. The smallest absolute Gasteiger partial charge is 0.00483 e. The second kappa shape index (κ2) is 6.51. The second-order valence-corrected chi connectivity index (χ2v) is 7.84. The van der Waals surface area contributed by atoms with Gasteiger partial charge in [-0.2, -0.15) is 0 Å². The molecule has 0 aliphatic heterocycles. The van der Waals surface area contributed by atoms with E-state index in [0.29, 0.717) is 11.8 Å². The lowest BCUT2D eigenvalue weighted by Crippen LogP contribution is -2.20. The third-order valence-electron chi connectivity index (χ3n) is 4.82. The standard InChI is InChI=1S/C20H23I/c1-14-3-7-16(8-4-14)19-12-11-18(21)13-20(19)17-9-5-15(2)6-10-17/h3,5-7,9,11-12,17,20H,4,8,10,13H2,1-2H3. The number of hydrogen-bond acceptors (Lipinski definition) is 0. The molecule has 3 rings (SSSR count). The molecule has 0 fully saturated rings. The largest absolute Gasteiger partial charge is 0.0810 e. The van der Waals surface area contributed by atoms with Crippen molar-refractivity contribution in [3.8, 4) is 0 Å².